The van der Waals surface area contributed by atoms with Crippen LogP contribution in [0.5, 0.6) is 0 Å². The number of anilines is 2. The number of hydrogen-bond acceptors (Lipinski definition) is 6. The number of rotatable bonds is 10. The van der Waals surface area contributed by atoms with Crippen molar-refractivity contribution in [2.24, 2.45) is 5.92 Å². The summed E-state index contributed by atoms with van der Waals surface area (Å²) in [6, 6.07) is 11.2. The number of hydrogen-bond donors (Lipinski definition) is 2. The highest BCUT2D eigenvalue weighted by Gasteiger charge is 2.43. The molecule has 264 valence electrons. The lowest BCUT2D eigenvalue weighted by molar-refractivity contribution is 0.0553. The van der Waals surface area contributed by atoms with Crippen LogP contribution in [0.1, 0.15) is 91.2 Å². The molecule has 6 rings (SSSR count). The van der Waals surface area contributed by atoms with E-state index in [0.29, 0.717) is 28.1 Å². The van der Waals surface area contributed by atoms with Gasteiger partial charge in [-0.15, -0.1) is 0 Å². The molecule has 3 aliphatic heterocycles. The number of carbonyl (C=O) groups is 1. The third kappa shape index (κ3) is 7.15. The maximum Gasteiger partial charge on any atom is 0.253 e. The van der Waals surface area contributed by atoms with E-state index in [2.05, 4.69) is 65.1 Å². The first-order valence-electron chi connectivity index (χ1n) is 18.2. The van der Waals surface area contributed by atoms with E-state index in [0.717, 1.165) is 112 Å². The Labute approximate surface area is 296 Å². The van der Waals surface area contributed by atoms with Gasteiger partial charge in [0.2, 0.25) is 0 Å². The number of benzene rings is 2. The quantitative estimate of drug-likeness (QED) is 0.230. The number of amides is 1. The molecule has 0 aliphatic carbocycles. The van der Waals surface area contributed by atoms with Crippen LogP contribution in [-0.2, 0) is 21.4 Å². The summed E-state index contributed by atoms with van der Waals surface area (Å²) in [4.78, 5) is 34.8. The lowest BCUT2D eigenvalue weighted by atomic mass is 9.75. The van der Waals surface area contributed by atoms with E-state index < -0.39 is 0 Å². The lowest BCUT2D eigenvalue weighted by Crippen LogP contribution is -2.40. The van der Waals surface area contributed by atoms with Crippen LogP contribution >= 0.6 is 11.6 Å². The van der Waals surface area contributed by atoms with Gasteiger partial charge in [0.15, 0.2) is 0 Å². The number of aromatic amines is 1. The Balaban J connectivity index is 1.45. The zero-order valence-corrected chi connectivity index (χ0v) is 30.9. The van der Waals surface area contributed by atoms with E-state index in [-0.39, 0.29) is 23.4 Å². The Morgan fingerprint density at radius 2 is 1.80 bits per heavy atom. The minimum atomic E-state index is -0.283. The van der Waals surface area contributed by atoms with Gasteiger partial charge >= 0.3 is 0 Å². The third-order valence-corrected chi connectivity index (χ3v) is 11.5. The summed E-state index contributed by atoms with van der Waals surface area (Å²) in [5, 5.41) is 3.49. The van der Waals surface area contributed by atoms with Gasteiger partial charge in [-0.2, -0.15) is 0 Å². The van der Waals surface area contributed by atoms with Crippen molar-refractivity contribution in [1.29, 1.82) is 0 Å². The van der Waals surface area contributed by atoms with Crippen LogP contribution < -0.4 is 20.7 Å². The molecule has 1 spiro atoms. The molecular weight excluding hydrogens is 636 g/mol. The van der Waals surface area contributed by atoms with Crippen molar-refractivity contribution >= 4 is 28.9 Å². The van der Waals surface area contributed by atoms with Gasteiger partial charge in [-0.05, 0) is 106 Å². The topological polar surface area (TPSA) is 86.9 Å². The Morgan fingerprint density at radius 3 is 2.47 bits per heavy atom. The molecule has 3 aliphatic rings. The molecule has 49 heavy (non-hydrogen) atoms. The summed E-state index contributed by atoms with van der Waals surface area (Å²) in [6.07, 6.45) is 5.03. The van der Waals surface area contributed by atoms with E-state index in [1.165, 1.54) is 11.3 Å². The van der Waals surface area contributed by atoms with Crippen LogP contribution in [0.3, 0.4) is 0 Å². The first-order valence-corrected chi connectivity index (χ1v) is 18.5. The van der Waals surface area contributed by atoms with Crippen molar-refractivity contribution in [3.8, 4) is 11.1 Å². The van der Waals surface area contributed by atoms with Crippen LogP contribution in [0.4, 0.5) is 11.4 Å². The standard InChI is InChI=1S/C40H53ClN4O4/c1-7-45(30-11-16-48-17-12-30)34-22-31(37(41)36(28(34)6)39(47)42-23-32-26(4)20-27(5)43-38(32)46)29-8-9-33-35(21-29)44(15-10-25(2)3)24-40(33)13-18-49-19-14-40/h8-9,20-22,25,30H,7,10-19,23-24H2,1-6H3,(H,42,47)(H,43,46). The maximum absolute atomic E-state index is 14.2. The van der Waals surface area contributed by atoms with Crippen molar-refractivity contribution in [3.63, 3.8) is 0 Å². The normalized spacial score (nSPS) is 17.5. The number of nitrogens with one attached hydrogen (secondary N) is 2. The van der Waals surface area contributed by atoms with Crippen LogP contribution in [0.2, 0.25) is 5.02 Å². The number of fused-ring (bicyclic) bond motifs is 2. The second kappa shape index (κ2) is 14.9. The highest BCUT2D eigenvalue weighted by atomic mass is 35.5. The molecule has 2 N–H and O–H groups in total. The minimum absolute atomic E-state index is 0.102. The van der Waals surface area contributed by atoms with Gasteiger partial charge in [0.05, 0.1) is 10.6 Å². The van der Waals surface area contributed by atoms with Crippen molar-refractivity contribution in [3.05, 3.63) is 79.2 Å². The van der Waals surface area contributed by atoms with Crippen molar-refractivity contribution in [1.82, 2.24) is 10.3 Å². The van der Waals surface area contributed by atoms with E-state index in [4.69, 9.17) is 21.1 Å². The molecule has 1 aromatic heterocycles. The molecule has 2 fully saturated rings. The highest BCUT2D eigenvalue weighted by Crippen LogP contribution is 2.49. The predicted octanol–water partition coefficient (Wildman–Crippen LogP) is 7.47. The molecule has 2 saturated heterocycles. The Hall–Kier alpha value is -3.33. The number of aryl methyl sites for hydroxylation is 2. The third-order valence-electron chi connectivity index (χ3n) is 11.1. The summed E-state index contributed by atoms with van der Waals surface area (Å²) in [6.45, 7) is 18.4. The summed E-state index contributed by atoms with van der Waals surface area (Å²) in [7, 11) is 0. The molecule has 3 aromatic rings. The predicted molar refractivity (Wildman–Crippen MR) is 200 cm³/mol. The van der Waals surface area contributed by atoms with E-state index >= 15 is 0 Å². The molecule has 0 saturated carbocycles. The van der Waals surface area contributed by atoms with Crippen LogP contribution in [0.15, 0.2) is 35.1 Å². The van der Waals surface area contributed by atoms with Crippen molar-refractivity contribution in [2.45, 2.75) is 91.6 Å². The number of carbonyl (C=O) groups excluding carboxylic acids is 1. The van der Waals surface area contributed by atoms with Gasteiger partial charge in [0.25, 0.3) is 11.5 Å². The van der Waals surface area contributed by atoms with Gasteiger partial charge in [-0.1, -0.05) is 37.6 Å². The number of halogens is 1. The molecular formula is C40H53ClN4O4. The largest absolute Gasteiger partial charge is 0.381 e. The summed E-state index contributed by atoms with van der Waals surface area (Å²) < 4.78 is 11.5. The number of nitrogens with zero attached hydrogens (tertiary/aromatic N) is 2. The van der Waals surface area contributed by atoms with E-state index in [1.54, 1.807) is 0 Å². The zero-order chi connectivity index (χ0) is 34.9. The monoisotopic (exact) mass is 688 g/mol. The lowest BCUT2D eigenvalue weighted by Gasteiger charge is -2.37. The molecule has 9 heteroatoms. The SMILES string of the molecule is CCN(c1cc(-c2ccc3c(c2)N(CCC(C)C)CC32CCOCC2)c(Cl)c(C(=O)NCc2c(C)cc(C)[nH]c2=O)c1C)C1CCOCC1. The molecule has 8 nitrogen and oxygen atoms in total. The minimum Gasteiger partial charge on any atom is -0.381 e. The van der Waals surface area contributed by atoms with Crippen LogP contribution in [0.25, 0.3) is 11.1 Å². The molecule has 2 aromatic carbocycles. The smallest absolute Gasteiger partial charge is 0.253 e. The molecule has 0 bridgehead atoms. The highest BCUT2D eigenvalue weighted by molar-refractivity contribution is 6.37. The molecule has 1 amide bonds. The van der Waals surface area contributed by atoms with E-state index in [9.17, 15) is 9.59 Å². The number of aromatic nitrogens is 1. The number of ether oxygens (including phenoxy) is 2. The van der Waals surface area contributed by atoms with Gasteiger partial charge in [0.1, 0.15) is 0 Å². The van der Waals surface area contributed by atoms with Crippen molar-refractivity contribution in [2.75, 3.05) is 55.9 Å². The fraction of sp³-hybridized carbons (Fsp3) is 0.550. The van der Waals surface area contributed by atoms with E-state index in [1.807, 2.05) is 26.8 Å². The molecule has 0 radical (unpaired) electrons. The Bertz CT molecular complexity index is 1740. The Kier molecular flexibility index (Phi) is 10.8. The first kappa shape index (κ1) is 35.5. The first-order chi connectivity index (χ1) is 23.5. The molecule has 0 atom stereocenters. The number of H-pyrrole nitrogens is 1. The summed E-state index contributed by atoms with van der Waals surface area (Å²) in [5.41, 5.74) is 8.95. The van der Waals surface area contributed by atoms with Gasteiger partial charge in [-0.3, -0.25) is 9.59 Å². The zero-order valence-electron chi connectivity index (χ0n) is 30.1. The molecule has 0 unspecified atom stereocenters. The fourth-order valence-electron chi connectivity index (χ4n) is 8.24. The second-order valence-corrected chi connectivity index (χ2v) is 15.1. The van der Waals surface area contributed by atoms with Crippen LogP contribution in [-0.4, -0.2) is 63.0 Å². The average Bonchev–Trinajstić information content (AvgIpc) is 3.36. The average molecular weight is 689 g/mol. The van der Waals surface area contributed by atoms with Crippen LogP contribution in [0, 0.1) is 26.7 Å². The van der Waals surface area contributed by atoms with Crippen molar-refractivity contribution < 1.29 is 14.3 Å². The fourth-order valence-corrected chi connectivity index (χ4v) is 8.63. The maximum atomic E-state index is 14.2. The Morgan fingerprint density at radius 1 is 1.08 bits per heavy atom. The van der Waals surface area contributed by atoms with Gasteiger partial charge < -0.3 is 29.6 Å². The van der Waals surface area contributed by atoms with Gasteiger partial charge in [-0.25, -0.2) is 0 Å². The summed E-state index contributed by atoms with van der Waals surface area (Å²) in [5.74, 6) is 0.325. The van der Waals surface area contributed by atoms with Gasteiger partial charge in [0, 0.05) is 92.3 Å². The second-order valence-electron chi connectivity index (χ2n) is 14.7. The number of pyridine rings is 1. The summed E-state index contributed by atoms with van der Waals surface area (Å²) >= 11 is 7.35. The molecule has 4 heterocycles.